The fraction of sp³-hybridized carbons (Fsp3) is 0.115. The molecule has 134 heavy (non-hydrogen) atoms. The number of benzene rings is 18. The van der Waals surface area contributed by atoms with Gasteiger partial charge in [0.25, 0.3) is 0 Å². The average Bonchev–Trinajstić information content (AvgIpc) is 0.826. The van der Waals surface area contributed by atoms with Crippen molar-refractivity contribution in [3.63, 3.8) is 0 Å². The second-order valence-electron chi connectivity index (χ2n) is 34.4. The van der Waals surface area contributed by atoms with Gasteiger partial charge >= 0.3 is 0 Å². The maximum Gasteiger partial charge on any atom is -0.00637 e. The highest BCUT2D eigenvalue weighted by atomic mass is 32.0. The minimum atomic E-state index is 0.888. The SMILES string of the molecule is Cc1cc(-c2ccc(CP)cc2)cc(-c2ccc(P)c(C)c2)c1.Cc1cc(-c2cccc(-c3ccc(CP)cc3)c2)ccc1P.Cc1cc(-c2cccc(-c3ccc(P)cc3)c2)ccc1CPP.Cc1cc(P)ccc1-c1cccc(-c2ccc(CP)cc2)c1.Cc1cc(P)ccc1-c1cccc(-c2ccc(CP)cc2C)c1.Cc1ccc(-c2cccc(-c3ccc(P)cc3)c2)c(C)c1. The molecule has 18 rings (SSSR count). The zero-order valence-electron chi connectivity index (χ0n) is 78.3. The van der Waals surface area contributed by atoms with E-state index in [-0.39, 0.29) is 0 Å². The first kappa shape index (κ1) is 103. The molecule has 0 nitrogen and oxygen atoms in total. The van der Waals surface area contributed by atoms with Gasteiger partial charge in [-0.3, -0.25) is 0 Å². The van der Waals surface area contributed by atoms with Crippen LogP contribution in [0.1, 0.15) is 77.9 Å². The molecule has 0 amide bonds. The standard InChI is InChI=1S/2C21H22P2.C20H21P3.2C20H20P2.C20H19P/c1-14-9-19(17-5-3-16(13-22)4-6-17)12-20(10-14)18-7-8-21(23)15(2)11-18;1-14-10-16(13-22)6-8-20(14)17-4-3-5-18(12-17)21-9-7-19(23)11-15(21)2;1-14-11-18(5-6-19(14)13-23-22)17-4-2-3-16(12-17)15-7-9-20(21)10-8-15;1-14-11-19(22)9-10-20(14)18-4-2-3-17(12-18)16-7-5-15(13-21)6-8-16;1-14-11-19(9-10-20(14)22)18-4-2-3-17(12-18)16-7-5-15(13-21)6-8-16;1-14-6-11-20(15(2)12-14)18-5-3-4-17(13-18)16-7-9-19(21)10-8-16/h2*3-12H,13,22-23H2,1-2H3;2-12,23H,13,21-22H2,1H3;2*2-12H,13,21-22H2,1H3;3-13H,21H2,1-2H3. The minimum absolute atomic E-state index is 0.888. The van der Waals surface area contributed by atoms with Crippen LogP contribution in [0.25, 0.3) is 134 Å². The second-order valence-corrected chi connectivity index (χ2v) is 42.0. The third kappa shape index (κ3) is 28.7. The molecule has 0 saturated heterocycles. The van der Waals surface area contributed by atoms with Gasteiger partial charge in [0.05, 0.1) is 0 Å². The molecule has 0 saturated carbocycles. The Balaban J connectivity index is 0.000000136. The number of hydrogen-bond acceptors (Lipinski definition) is 0. The van der Waals surface area contributed by atoms with E-state index in [1.165, 1.54) is 243 Å². The van der Waals surface area contributed by atoms with Crippen LogP contribution in [0.2, 0.25) is 0 Å². The Morgan fingerprint density at radius 2 is 0.433 bits per heavy atom. The first-order valence-corrected chi connectivity index (χ1v) is 55.1. The molecule has 0 bridgehead atoms. The highest BCUT2D eigenvalue weighted by Gasteiger charge is 2.14. The van der Waals surface area contributed by atoms with Gasteiger partial charge in [0.2, 0.25) is 0 Å². The summed E-state index contributed by atoms with van der Waals surface area (Å²) in [5, 5.41) is 7.40. The van der Waals surface area contributed by atoms with Crippen molar-refractivity contribution >= 4 is 141 Å². The molecule has 12 heteroatoms. The number of rotatable bonds is 18. The van der Waals surface area contributed by atoms with Crippen molar-refractivity contribution in [2.75, 3.05) is 0 Å². The van der Waals surface area contributed by atoms with Crippen LogP contribution in [0.5, 0.6) is 0 Å². The first-order chi connectivity index (χ1) is 64.8. The molecule has 0 spiro atoms. The first-order valence-electron chi connectivity index (χ1n) is 45.4. The molecule has 0 fully saturated rings. The molecule has 12 atom stereocenters. The van der Waals surface area contributed by atoms with Gasteiger partial charge in [-0.25, -0.2) is 0 Å². The molecule has 0 aliphatic heterocycles. The van der Waals surface area contributed by atoms with Crippen molar-refractivity contribution in [3.05, 3.63) is 466 Å². The molecular weight excluding hydrogens is 1840 g/mol. The molecule has 672 valence electrons. The van der Waals surface area contributed by atoms with E-state index in [0.29, 0.717) is 0 Å². The predicted molar refractivity (Wildman–Crippen MR) is 638 cm³/mol. The summed E-state index contributed by atoms with van der Waals surface area (Å²) in [6, 6.07) is 141. The normalized spacial score (nSPS) is 10.8. The van der Waals surface area contributed by atoms with Gasteiger partial charge in [-0.15, -0.1) is 101 Å². The lowest BCUT2D eigenvalue weighted by Crippen LogP contribution is -1.96. The topological polar surface area (TPSA) is 0 Å². The molecule has 18 aromatic carbocycles. The Labute approximate surface area is 827 Å². The van der Waals surface area contributed by atoms with E-state index in [1.54, 1.807) is 0 Å². The Morgan fingerprint density at radius 3 is 0.776 bits per heavy atom. The van der Waals surface area contributed by atoms with E-state index in [0.717, 1.165) is 39.1 Å². The van der Waals surface area contributed by atoms with Crippen molar-refractivity contribution in [3.8, 4) is 134 Å². The summed E-state index contributed by atoms with van der Waals surface area (Å²) in [5.74, 6) is 0. The van der Waals surface area contributed by atoms with Crippen LogP contribution in [0.4, 0.5) is 0 Å². The van der Waals surface area contributed by atoms with Crippen molar-refractivity contribution in [1.29, 1.82) is 0 Å². The molecule has 0 N–H and O–H groups in total. The van der Waals surface area contributed by atoms with Gasteiger partial charge in [0.1, 0.15) is 0 Å². The van der Waals surface area contributed by atoms with Crippen molar-refractivity contribution in [2.45, 2.75) is 93.1 Å². The summed E-state index contributed by atoms with van der Waals surface area (Å²) in [5.41, 5.74) is 49.4. The fourth-order valence-electron chi connectivity index (χ4n) is 16.5. The van der Waals surface area contributed by atoms with Gasteiger partial charge in [-0.05, 0) is 367 Å². The van der Waals surface area contributed by atoms with Crippen LogP contribution in [-0.4, -0.2) is 0 Å². The maximum absolute atomic E-state index is 2.83. The highest BCUT2D eigenvalue weighted by Crippen LogP contribution is 2.38. The lowest BCUT2D eigenvalue weighted by molar-refractivity contribution is 1.31. The van der Waals surface area contributed by atoms with Gasteiger partial charge in [0.15, 0.2) is 0 Å². The summed E-state index contributed by atoms with van der Waals surface area (Å²) in [6.45, 7) is 19.5. The lowest BCUT2D eigenvalue weighted by Gasteiger charge is -2.12. The Kier molecular flexibility index (Phi) is 38.6. The maximum atomic E-state index is 2.83. The van der Waals surface area contributed by atoms with Crippen LogP contribution >= 0.6 is 110 Å². The van der Waals surface area contributed by atoms with Crippen molar-refractivity contribution in [2.24, 2.45) is 0 Å². The molecule has 18 aromatic rings. The zero-order valence-corrected chi connectivity index (χ0v) is 92.0. The molecular formula is C122H124P12. The predicted octanol–water partition coefficient (Wildman–Crippen LogP) is 32.4. The molecule has 0 aliphatic rings. The smallest absolute Gasteiger partial charge is 0.00637 e. The Hall–Kier alpha value is -8.88. The van der Waals surface area contributed by atoms with Crippen LogP contribution in [0, 0.1) is 62.3 Å². The van der Waals surface area contributed by atoms with Gasteiger partial charge in [0, 0.05) is 0 Å². The summed E-state index contributed by atoms with van der Waals surface area (Å²) >= 11 is 0. The molecule has 0 aliphatic carbocycles. The summed E-state index contributed by atoms with van der Waals surface area (Å²) < 4.78 is 0. The zero-order chi connectivity index (χ0) is 94.9. The van der Waals surface area contributed by atoms with E-state index in [9.17, 15) is 0 Å². The van der Waals surface area contributed by atoms with E-state index in [4.69, 9.17) is 0 Å². The van der Waals surface area contributed by atoms with E-state index in [2.05, 4.69) is 552 Å². The second kappa shape index (κ2) is 50.4. The average molecular weight is 1960 g/mol. The highest BCUT2D eigenvalue weighted by molar-refractivity contribution is 8.02. The van der Waals surface area contributed by atoms with E-state index < -0.39 is 0 Å². The third-order valence-corrected chi connectivity index (χ3v) is 30.1. The fourth-order valence-corrected chi connectivity index (χ4v) is 20.3. The van der Waals surface area contributed by atoms with Crippen LogP contribution in [0.15, 0.2) is 388 Å². The molecule has 0 radical (unpaired) electrons. The van der Waals surface area contributed by atoms with E-state index >= 15 is 0 Å². The van der Waals surface area contributed by atoms with Gasteiger partial charge in [-0.2, -0.15) is 0 Å². The molecule has 12 unspecified atom stereocenters. The minimum Gasteiger partial charge on any atom is -0.133 e. The largest absolute Gasteiger partial charge is 0.133 e. The van der Waals surface area contributed by atoms with Crippen LogP contribution in [-0.2, 0) is 30.8 Å². The number of hydrogen-bond donors (Lipinski definition) is 0. The Morgan fingerprint density at radius 1 is 0.179 bits per heavy atom. The van der Waals surface area contributed by atoms with Crippen molar-refractivity contribution < 1.29 is 0 Å². The molecule has 0 heterocycles. The quantitative estimate of drug-likeness (QED) is 0.0751. The monoisotopic (exact) mass is 1960 g/mol. The Bertz CT molecular complexity index is 7020. The summed E-state index contributed by atoms with van der Waals surface area (Å²) in [6.07, 6.45) is 5.15. The van der Waals surface area contributed by atoms with Crippen molar-refractivity contribution in [1.82, 2.24) is 0 Å². The third-order valence-electron chi connectivity index (χ3n) is 24.3. The van der Waals surface area contributed by atoms with Gasteiger partial charge in [-0.1, -0.05) is 366 Å². The van der Waals surface area contributed by atoms with Crippen LogP contribution < -0.4 is 31.8 Å². The molecule has 0 aromatic heterocycles. The summed E-state index contributed by atoms with van der Waals surface area (Å²) in [4.78, 5) is 0. The van der Waals surface area contributed by atoms with E-state index in [1.807, 2.05) is 0 Å². The lowest BCUT2D eigenvalue weighted by atomic mass is 9.94. The summed E-state index contributed by atoms with van der Waals surface area (Å²) in [7, 11) is 31.4. The van der Waals surface area contributed by atoms with Gasteiger partial charge < -0.3 is 0 Å². The number of aryl methyl sites for hydroxylation is 9. The van der Waals surface area contributed by atoms with Crippen LogP contribution in [0.3, 0.4) is 0 Å².